The van der Waals surface area contributed by atoms with Gasteiger partial charge in [0, 0.05) is 19.3 Å². The Morgan fingerprint density at radius 3 is 2.89 bits per heavy atom. The van der Waals surface area contributed by atoms with Crippen LogP contribution in [0.15, 0.2) is 18.5 Å². The minimum Gasteiger partial charge on any atom is -0.317 e. The molecule has 98 valence electrons. The predicted octanol–water partition coefficient (Wildman–Crippen LogP) is 1.80. The summed E-state index contributed by atoms with van der Waals surface area (Å²) < 4.78 is 13.1. The first-order valence-corrected chi connectivity index (χ1v) is 6.78. The lowest BCUT2D eigenvalue weighted by Gasteiger charge is -2.33. The van der Waals surface area contributed by atoms with Crippen molar-refractivity contribution in [2.75, 3.05) is 26.2 Å². The summed E-state index contributed by atoms with van der Waals surface area (Å²) >= 11 is 0. The third-order valence-corrected chi connectivity index (χ3v) is 4.35. The van der Waals surface area contributed by atoms with Crippen molar-refractivity contribution in [3.63, 3.8) is 0 Å². The van der Waals surface area contributed by atoms with Gasteiger partial charge in [-0.2, -0.15) is 0 Å². The summed E-state index contributed by atoms with van der Waals surface area (Å²) in [5.41, 5.74) is 1.51. The molecule has 0 radical (unpaired) electrons. The third-order valence-electron chi connectivity index (χ3n) is 4.35. The van der Waals surface area contributed by atoms with E-state index in [1.165, 1.54) is 25.5 Å². The molecule has 0 atom stereocenters. The fraction of sp³-hybridized carbons (Fsp3) is 0.643. The summed E-state index contributed by atoms with van der Waals surface area (Å²) in [7, 11) is 0. The summed E-state index contributed by atoms with van der Waals surface area (Å²) in [6.07, 6.45) is 6.89. The third kappa shape index (κ3) is 2.54. The molecule has 3 nitrogen and oxygen atoms in total. The summed E-state index contributed by atoms with van der Waals surface area (Å²) in [6.45, 7) is 5.42. The van der Waals surface area contributed by atoms with Crippen LogP contribution in [0.3, 0.4) is 0 Å². The van der Waals surface area contributed by atoms with Gasteiger partial charge in [0.1, 0.15) is 5.82 Å². The molecule has 0 amide bonds. The predicted molar refractivity (Wildman–Crippen MR) is 68.6 cm³/mol. The molecule has 1 aromatic rings. The number of rotatable bonds is 2. The van der Waals surface area contributed by atoms with Gasteiger partial charge >= 0.3 is 0 Å². The molecule has 3 rings (SSSR count). The lowest BCUT2D eigenvalue weighted by atomic mass is 9.78. The smallest absolute Gasteiger partial charge is 0.141 e. The highest BCUT2D eigenvalue weighted by Crippen LogP contribution is 2.38. The monoisotopic (exact) mass is 249 g/mol. The highest BCUT2D eigenvalue weighted by molar-refractivity contribution is 5.10. The van der Waals surface area contributed by atoms with Crippen LogP contribution in [-0.2, 0) is 6.54 Å². The van der Waals surface area contributed by atoms with Crippen LogP contribution in [0, 0.1) is 11.2 Å². The highest BCUT2D eigenvalue weighted by Gasteiger charge is 2.38. The van der Waals surface area contributed by atoms with Gasteiger partial charge in [0.15, 0.2) is 0 Å². The maximum Gasteiger partial charge on any atom is 0.141 e. The second-order valence-corrected chi connectivity index (χ2v) is 5.72. The molecule has 1 aromatic heterocycles. The number of hydrogen-bond acceptors (Lipinski definition) is 3. The van der Waals surface area contributed by atoms with E-state index in [1.54, 1.807) is 12.3 Å². The van der Waals surface area contributed by atoms with Crippen LogP contribution >= 0.6 is 0 Å². The van der Waals surface area contributed by atoms with Crippen LogP contribution in [0.2, 0.25) is 0 Å². The SMILES string of the molecule is Fc1cncc(CN2CCC3(CCNCC3)C2)c1. The first-order valence-electron chi connectivity index (χ1n) is 6.78. The van der Waals surface area contributed by atoms with Crippen molar-refractivity contribution >= 4 is 0 Å². The highest BCUT2D eigenvalue weighted by atomic mass is 19.1. The number of nitrogens with one attached hydrogen (secondary N) is 1. The zero-order chi connectivity index (χ0) is 12.4. The van der Waals surface area contributed by atoms with Crippen LogP contribution in [0.25, 0.3) is 0 Å². The number of likely N-dealkylation sites (tertiary alicyclic amines) is 1. The van der Waals surface area contributed by atoms with Gasteiger partial charge in [-0.3, -0.25) is 9.88 Å². The molecule has 0 saturated carbocycles. The number of aromatic nitrogens is 1. The zero-order valence-corrected chi connectivity index (χ0v) is 10.7. The molecule has 1 N–H and O–H groups in total. The van der Waals surface area contributed by atoms with Crippen LogP contribution in [-0.4, -0.2) is 36.1 Å². The molecule has 2 fully saturated rings. The fourth-order valence-corrected chi connectivity index (χ4v) is 3.33. The molecule has 4 heteroatoms. The van der Waals surface area contributed by atoms with Crippen LogP contribution in [0.5, 0.6) is 0 Å². The van der Waals surface area contributed by atoms with Gasteiger partial charge in [0.25, 0.3) is 0 Å². The van der Waals surface area contributed by atoms with E-state index in [1.807, 2.05) is 0 Å². The number of hydrogen-bond donors (Lipinski definition) is 1. The Morgan fingerprint density at radius 2 is 2.11 bits per heavy atom. The van der Waals surface area contributed by atoms with E-state index in [0.717, 1.165) is 38.3 Å². The van der Waals surface area contributed by atoms with Crippen molar-refractivity contribution in [3.05, 3.63) is 29.8 Å². The van der Waals surface area contributed by atoms with Gasteiger partial charge in [0.2, 0.25) is 0 Å². The molecule has 18 heavy (non-hydrogen) atoms. The van der Waals surface area contributed by atoms with Gasteiger partial charge in [0.05, 0.1) is 6.20 Å². The van der Waals surface area contributed by atoms with E-state index in [2.05, 4.69) is 15.2 Å². The Labute approximate surface area is 107 Å². The van der Waals surface area contributed by atoms with Crippen molar-refractivity contribution in [1.82, 2.24) is 15.2 Å². The number of nitrogens with zero attached hydrogens (tertiary/aromatic N) is 2. The van der Waals surface area contributed by atoms with Gasteiger partial charge in [-0.15, -0.1) is 0 Å². The maximum absolute atomic E-state index is 13.1. The van der Waals surface area contributed by atoms with Crippen molar-refractivity contribution in [2.24, 2.45) is 5.41 Å². The lowest BCUT2D eigenvalue weighted by Crippen LogP contribution is -2.38. The van der Waals surface area contributed by atoms with Crippen molar-refractivity contribution in [1.29, 1.82) is 0 Å². The van der Waals surface area contributed by atoms with E-state index >= 15 is 0 Å². The molecule has 1 spiro atoms. The molecule has 2 aliphatic rings. The van der Waals surface area contributed by atoms with E-state index in [9.17, 15) is 4.39 Å². The molecular weight excluding hydrogens is 229 g/mol. The summed E-state index contributed by atoms with van der Waals surface area (Å²) in [6, 6.07) is 1.60. The summed E-state index contributed by atoms with van der Waals surface area (Å²) in [4.78, 5) is 6.36. The minimum absolute atomic E-state index is 0.233. The normalized spacial score (nSPS) is 23.6. The second kappa shape index (κ2) is 4.94. The van der Waals surface area contributed by atoms with Crippen LogP contribution < -0.4 is 5.32 Å². The number of pyridine rings is 1. The average Bonchev–Trinajstić information content (AvgIpc) is 2.73. The molecule has 0 unspecified atom stereocenters. The number of piperidine rings is 1. The molecule has 0 bridgehead atoms. The fourth-order valence-electron chi connectivity index (χ4n) is 3.33. The average molecular weight is 249 g/mol. The van der Waals surface area contributed by atoms with E-state index in [-0.39, 0.29) is 5.82 Å². The number of halogens is 1. The van der Waals surface area contributed by atoms with Crippen molar-refractivity contribution < 1.29 is 4.39 Å². The van der Waals surface area contributed by atoms with Crippen LogP contribution in [0.1, 0.15) is 24.8 Å². The Balaban J connectivity index is 1.62. The first-order chi connectivity index (χ1) is 8.76. The van der Waals surface area contributed by atoms with Gasteiger partial charge in [-0.05, 0) is 55.9 Å². The maximum atomic E-state index is 13.1. The van der Waals surface area contributed by atoms with Gasteiger partial charge in [-0.25, -0.2) is 4.39 Å². The standard InChI is InChI=1S/C14H20FN3/c15-13-7-12(8-17-9-13)10-18-6-3-14(11-18)1-4-16-5-2-14/h7-9,16H,1-6,10-11H2. The molecule has 0 aliphatic carbocycles. The Bertz CT molecular complexity index is 415. The topological polar surface area (TPSA) is 28.2 Å². The van der Waals surface area contributed by atoms with E-state index in [0.29, 0.717) is 5.41 Å². The quantitative estimate of drug-likeness (QED) is 0.866. The largest absolute Gasteiger partial charge is 0.317 e. The molecular formula is C14H20FN3. The van der Waals surface area contributed by atoms with Crippen molar-refractivity contribution in [3.8, 4) is 0 Å². The summed E-state index contributed by atoms with van der Waals surface area (Å²) in [5.74, 6) is -0.233. The lowest BCUT2D eigenvalue weighted by molar-refractivity contribution is 0.194. The Hall–Kier alpha value is -1.00. The molecule has 0 aromatic carbocycles. The van der Waals surface area contributed by atoms with Crippen molar-refractivity contribution in [2.45, 2.75) is 25.8 Å². The zero-order valence-electron chi connectivity index (χ0n) is 10.7. The first kappa shape index (κ1) is 12.1. The van der Waals surface area contributed by atoms with Crippen LogP contribution in [0.4, 0.5) is 4.39 Å². The molecule has 2 saturated heterocycles. The Kier molecular flexibility index (Phi) is 3.31. The van der Waals surface area contributed by atoms with Gasteiger partial charge < -0.3 is 5.32 Å². The van der Waals surface area contributed by atoms with Gasteiger partial charge in [-0.1, -0.05) is 0 Å². The molecule has 2 aliphatic heterocycles. The Morgan fingerprint density at radius 1 is 1.28 bits per heavy atom. The molecule has 3 heterocycles. The summed E-state index contributed by atoms with van der Waals surface area (Å²) in [5, 5.41) is 3.43. The minimum atomic E-state index is -0.233. The van der Waals surface area contributed by atoms with E-state index in [4.69, 9.17) is 0 Å². The van der Waals surface area contributed by atoms with E-state index < -0.39 is 0 Å². The second-order valence-electron chi connectivity index (χ2n) is 5.72.